The molecule has 1 aromatic carbocycles. The van der Waals surface area contributed by atoms with Crippen molar-refractivity contribution in [2.75, 3.05) is 48.9 Å². The number of anilines is 3. The van der Waals surface area contributed by atoms with Crippen LogP contribution in [0.5, 0.6) is 0 Å². The van der Waals surface area contributed by atoms with Crippen LogP contribution in [0.15, 0.2) is 41.1 Å². The lowest BCUT2D eigenvalue weighted by Crippen LogP contribution is -2.36. The maximum Gasteiger partial charge on any atom is 0.392 e. The molecule has 4 aromatic rings. The molecule has 0 unspecified atom stereocenters. The van der Waals surface area contributed by atoms with Crippen LogP contribution in [0.4, 0.5) is 30.5 Å². The number of rotatable bonds is 5. The van der Waals surface area contributed by atoms with Crippen molar-refractivity contribution < 1.29 is 27.1 Å². The lowest BCUT2D eigenvalue weighted by atomic mass is 10.1. The number of fused-ring (bicyclic) bond motifs is 2. The molecule has 9 nitrogen and oxygen atoms in total. The summed E-state index contributed by atoms with van der Waals surface area (Å²) in [5, 5.41) is 6.81. The number of nitrogens with one attached hydrogen (secondary N) is 2. The first-order chi connectivity index (χ1) is 17.8. The molecule has 1 aliphatic heterocycles. The van der Waals surface area contributed by atoms with E-state index in [1.807, 2.05) is 18.2 Å². The molecule has 2 aliphatic rings. The van der Waals surface area contributed by atoms with Crippen LogP contribution in [0.2, 0.25) is 0 Å². The van der Waals surface area contributed by atoms with Crippen LogP contribution in [-0.4, -0.2) is 60.4 Å². The van der Waals surface area contributed by atoms with Gasteiger partial charge in [-0.1, -0.05) is 0 Å². The molecule has 2 atom stereocenters. The second-order valence-electron chi connectivity index (χ2n) is 9.14. The van der Waals surface area contributed by atoms with Crippen molar-refractivity contribution in [1.29, 1.82) is 0 Å². The molecule has 2 fully saturated rings. The van der Waals surface area contributed by atoms with E-state index < -0.39 is 23.9 Å². The van der Waals surface area contributed by atoms with E-state index in [9.17, 15) is 18.0 Å². The number of carbonyl (C=O) groups excluding carboxylic acids is 1. The van der Waals surface area contributed by atoms with Crippen molar-refractivity contribution in [3.63, 3.8) is 0 Å². The Bertz CT molecular complexity index is 1500. The molecule has 0 bridgehead atoms. The Hall–Kier alpha value is -3.93. The highest BCUT2D eigenvalue weighted by Gasteiger charge is 2.58. The zero-order valence-corrected chi connectivity index (χ0v) is 19.8. The SMILES string of the molecule is CNc1ncc(-c2nc3cc(N4CCOCC4)ccc3o2)c2cc(NC(=O)[C@@H]3C[C@@H]3C(F)(F)F)ncc12. The molecule has 1 amide bonds. The number of aromatic nitrogens is 3. The molecule has 1 saturated carbocycles. The summed E-state index contributed by atoms with van der Waals surface area (Å²) in [5.74, 6) is -2.38. The molecular formula is C25H23F3N6O3. The fourth-order valence-corrected chi connectivity index (χ4v) is 4.69. The number of alkyl halides is 3. The third kappa shape index (κ3) is 4.41. The lowest BCUT2D eigenvalue weighted by molar-refractivity contribution is -0.153. The number of pyridine rings is 2. The van der Waals surface area contributed by atoms with Gasteiger partial charge in [0.25, 0.3) is 0 Å². The summed E-state index contributed by atoms with van der Waals surface area (Å²) in [4.78, 5) is 28.0. The highest BCUT2D eigenvalue weighted by atomic mass is 19.4. The van der Waals surface area contributed by atoms with Crippen molar-refractivity contribution in [1.82, 2.24) is 15.0 Å². The van der Waals surface area contributed by atoms with Crippen LogP contribution in [0.3, 0.4) is 0 Å². The molecule has 3 aromatic heterocycles. The van der Waals surface area contributed by atoms with Gasteiger partial charge < -0.3 is 24.7 Å². The van der Waals surface area contributed by atoms with Gasteiger partial charge in [-0.05, 0) is 30.7 Å². The Morgan fingerprint density at radius 2 is 1.92 bits per heavy atom. The molecule has 192 valence electrons. The van der Waals surface area contributed by atoms with Gasteiger partial charge in [0.15, 0.2) is 5.58 Å². The van der Waals surface area contributed by atoms with Crippen LogP contribution in [-0.2, 0) is 9.53 Å². The molecule has 1 aliphatic carbocycles. The summed E-state index contributed by atoms with van der Waals surface area (Å²) in [7, 11) is 1.72. The van der Waals surface area contributed by atoms with Gasteiger partial charge in [-0.25, -0.2) is 15.0 Å². The predicted octanol–water partition coefficient (Wildman–Crippen LogP) is 4.45. The first-order valence-corrected chi connectivity index (χ1v) is 11.9. The molecule has 4 heterocycles. The minimum absolute atomic E-state index is 0.144. The van der Waals surface area contributed by atoms with E-state index in [0.717, 1.165) is 18.8 Å². The van der Waals surface area contributed by atoms with Gasteiger partial charge in [-0.3, -0.25) is 4.79 Å². The number of ether oxygens (including phenoxy) is 1. The van der Waals surface area contributed by atoms with Crippen molar-refractivity contribution in [2.45, 2.75) is 12.6 Å². The molecule has 0 radical (unpaired) electrons. The fraction of sp³-hybridized carbons (Fsp3) is 0.360. The molecule has 6 rings (SSSR count). The maximum absolute atomic E-state index is 12.9. The third-order valence-corrected chi connectivity index (χ3v) is 6.79. The Morgan fingerprint density at radius 1 is 1.11 bits per heavy atom. The van der Waals surface area contributed by atoms with E-state index in [-0.39, 0.29) is 12.2 Å². The molecule has 37 heavy (non-hydrogen) atoms. The number of carbonyl (C=O) groups is 1. The number of morpholine rings is 1. The Labute approximate surface area is 209 Å². The van der Waals surface area contributed by atoms with Gasteiger partial charge in [0.05, 0.1) is 30.6 Å². The number of hydrogen-bond donors (Lipinski definition) is 2. The standard InChI is InChI=1S/C25H23F3N6O3/c1-29-22-16-11-30-21(33-23(35)15-9-18(15)25(26,27)28)10-14(16)17(12-31-22)24-32-19-8-13(2-3-20(19)37-24)34-4-6-36-7-5-34/h2-3,8,10-12,15,18H,4-7,9H2,1H3,(H,29,31)(H,30,33,35)/t15-,18+/m1/s1. The largest absolute Gasteiger partial charge is 0.436 e. The molecular weight excluding hydrogens is 489 g/mol. The topological polar surface area (TPSA) is 105 Å². The summed E-state index contributed by atoms with van der Waals surface area (Å²) >= 11 is 0. The monoisotopic (exact) mass is 512 g/mol. The van der Waals surface area contributed by atoms with Crippen LogP contribution in [0.1, 0.15) is 6.42 Å². The van der Waals surface area contributed by atoms with Gasteiger partial charge in [-0.2, -0.15) is 13.2 Å². The number of nitrogens with zero attached hydrogens (tertiary/aromatic N) is 4. The summed E-state index contributed by atoms with van der Waals surface area (Å²) < 4.78 is 50.2. The molecule has 0 spiro atoms. The van der Waals surface area contributed by atoms with Crippen molar-refractivity contribution in [3.05, 3.63) is 36.7 Å². The Morgan fingerprint density at radius 3 is 2.65 bits per heavy atom. The number of hydrogen-bond acceptors (Lipinski definition) is 8. The zero-order chi connectivity index (χ0) is 25.7. The lowest BCUT2D eigenvalue weighted by Gasteiger charge is -2.28. The van der Waals surface area contributed by atoms with Gasteiger partial charge >= 0.3 is 6.18 Å². The van der Waals surface area contributed by atoms with Gasteiger partial charge in [0.2, 0.25) is 11.8 Å². The van der Waals surface area contributed by atoms with E-state index in [1.165, 1.54) is 6.20 Å². The molecule has 1 saturated heterocycles. The van der Waals surface area contributed by atoms with E-state index in [0.29, 0.717) is 52.4 Å². The zero-order valence-electron chi connectivity index (χ0n) is 19.8. The van der Waals surface area contributed by atoms with E-state index in [4.69, 9.17) is 14.1 Å². The summed E-state index contributed by atoms with van der Waals surface area (Å²) in [6.07, 6.45) is -1.47. The van der Waals surface area contributed by atoms with Crippen LogP contribution in [0.25, 0.3) is 33.3 Å². The highest BCUT2D eigenvalue weighted by Crippen LogP contribution is 2.50. The molecule has 2 N–H and O–H groups in total. The summed E-state index contributed by atoms with van der Waals surface area (Å²) in [6, 6.07) is 7.41. The highest BCUT2D eigenvalue weighted by molar-refractivity contribution is 6.03. The normalized spacial score (nSPS) is 19.8. The van der Waals surface area contributed by atoms with Crippen molar-refractivity contribution in [3.8, 4) is 11.5 Å². The number of amides is 1. The van der Waals surface area contributed by atoms with Crippen LogP contribution >= 0.6 is 0 Å². The summed E-state index contributed by atoms with van der Waals surface area (Å²) in [6.45, 7) is 2.93. The Balaban J connectivity index is 1.35. The average molecular weight is 512 g/mol. The van der Waals surface area contributed by atoms with Gasteiger partial charge in [0.1, 0.15) is 17.2 Å². The smallest absolute Gasteiger partial charge is 0.392 e. The third-order valence-electron chi connectivity index (χ3n) is 6.79. The fourth-order valence-electron chi connectivity index (χ4n) is 4.69. The number of benzene rings is 1. The number of halogens is 3. The number of oxazole rings is 1. The van der Waals surface area contributed by atoms with E-state index in [1.54, 1.807) is 19.3 Å². The van der Waals surface area contributed by atoms with E-state index in [2.05, 4.69) is 25.5 Å². The minimum atomic E-state index is -4.38. The second kappa shape index (κ2) is 8.87. The van der Waals surface area contributed by atoms with Crippen molar-refractivity contribution >= 4 is 45.1 Å². The van der Waals surface area contributed by atoms with Crippen LogP contribution in [0, 0.1) is 11.8 Å². The molecule has 12 heteroatoms. The van der Waals surface area contributed by atoms with Gasteiger partial charge in [0, 0.05) is 49.0 Å². The van der Waals surface area contributed by atoms with E-state index >= 15 is 0 Å². The second-order valence-corrected chi connectivity index (χ2v) is 9.14. The first-order valence-electron chi connectivity index (χ1n) is 11.9. The quantitative estimate of drug-likeness (QED) is 0.404. The van der Waals surface area contributed by atoms with Crippen LogP contribution < -0.4 is 15.5 Å². The summed E-state index contributed by atoms with van der Waals surface area (Å²) in [5.41, 5.74) is 2.87. The maximum atomic E-state index is 12.9. The minimum Gasteiger partial charge on any atom is -0.436 e. The van der Waals surface area contributed by atoms with Gasteiger partial charge in [-0.15, -0.1) is 0 Å². The Kier molecular flexibility index (Phi) is 5.63. The average Bonchev–Trinajstić information content (AvgIpc) is 3.62. The predicted molar refractivity (Wildman–Crippen MR) is 131 cm³/mol. The first kappa shape index (κ1) is 23.5. The van der Waals surface area contributed by atoms with Crippen molar-refractivity contribution in [2.24, 2.45) is 11.8 Å².